The molecule has 2 rings (SSSR count). The molecule has 1 aromatic carbocycles. The minimum Gasteiger partial charge on any atom is -0.482 e. The minimum atomic E-state index is -1.05. The van der Waals surface area contributed by atoms with E-state index in [-0.39, 0.29) is 17.9 Å². The van der Waals surface area contributed by atoms with E-state index in [1.807, 2.05) is 13.8 Å². The number of carboxylic acid groups (broad SMARTS) is 1. The zero-order valence-corrected chi connectivity index (χ0v) is 16.7. The number of benzene rings is 1. The molecule has 3 amide bonds. The summed E-state index contributed by atoms with van der Waals surface area (Å²) in [6.07, 6.45) is 1.54. The summed E-state index contributed by atoms with van der Waals surface area (Å²) in [6.45, 7) is 5.35. The molecule has 28 heavy (non-hydrogen) atoms. The second-order valence-corrected chi connectivity index (χ2v) is 7.44. The Labute approximate surface area is 165 Å². The molecule has 8 heteroatoms. The summed E-state index contributed by atoms with van der Waals surface area (Å²) in [5.41, 5.74) is 0.689. The van der Waals surface area contributed by atoms with Crippen molar-refractivity contribution in [3.8, 4) is 5.75 Å². The van der Waals surface area contributed by atoms with Crippen molar-refractivity contribution in [3.05, 3.63) is 24.3 Å². The number of carbonyl (C=O) groups is 3. The first-order valence-electron chi connectivity index (χ1n) is 9.53. The first kappa shape index (κ1) is 21.5. The molecule has 1 heterocycles. The predicted molar refractivity (Wildman–Crippen MR) is 106 cm³/mol. The third-order valence-electron chi connectivity index (χ3n) is 4.64. The number of aliphatic carboxylic acids is 1. The fourth-order valence-corrected chi connectivity index (χ4v) is 3.08. The molecule has 0 aliphatic carbocycles. The van der Waals surface area contributed by atoms with Crippen molar-refractivity contribution in [2.75, 3.05) is 38.2 Å². The molecule has 2 N–H and O–H groups in total. The van der Waals surface area contributed by atoms with E-state index < -0.39 is 12.6 Å². The van der Waals surface area contributed by atoms with Crippen molar-refractivity contribution in [2.24, 2.45) is 11.8 Å². The molecule has 1 aromatic rings. The van der Waals surface area contributed by atoms with Crippen LogP contribution in [0.3, 0.4) is 0 Å². The Bertz CT molecular complexity index is 690. The molecule has 0 aromatic heterocycles. The number of anilines is 1. The summed E-state index contributed by atoms with van der Waals surface area (Å²) >= 11 is 0. The Balaban J connectivity index is 1.94. The number of urea groups is 1. The van der Waals surface area contributed by atoms with Gasteiger partial charge in [0.1, 0.15) is 5.75 Å². The van der Waals surface area contributed by atoms with Crippen molar-refractivity contribution in [1.82, 2.24) is 10.2 Å². The highest BCUT2D eigenvalue weighted by Crippen LogP contribution is 2.24. The number of nitrogens with one attached hydrogen (secondary N) is 1. The molecule has 1 aliphatic rings. The van der Waals surface area contributed by atoms with Crippen LogP contribution in [0.1, 0.15) is 26.7 Å². The number of piperidine rings is 1. The number of rotatable bonds is 7. The molecular weight excluding hydrogens is 362 g/mol. The van der Waals surface area contributed by atoms with E-state index in [2.05, 4.69) is 5.32 Å². The molecular formula is C20H29N3O5. The lowest BCUT2D eigenvalue weighted by molar-refractivity contribution is -0.139. The summed E-state index contributed by atoms with van der Waals surface area (Å²) in [7, 11) is 1.70. The van der Waals surface area contributed by atoms with Crippen LogP contribution in [0.5, 0.6) is 5.75 Å². The van der Waals surface area contributed by atoms with Crippen molar-refractivity contribution in [3.63, 3.8) is 0 Å². The van der Waals surface area contributed by atoms with Crippen LogP contribution >= 0.6 is 0 Å². The van der Waals surface area contributed by atoms with Gasteiger partial charge in [0.05, 0.1) is 5.92 Å². The largest absolute Gasteiger partial charge is 0.482 e. The zero-order chi connectivity index (χ0) is 20.7. The molecule has 0 saturated carbocycles. The molecule has 0 spiro atoms. The number of likely N-dealkylation sites (tertiary alicyclic amines) is 1. The van der Waals surface area contributed by atoms with E-state index in [9.17, 15) is 14.4 Å². The maximum absolute atomic E-state index is 12.9. The van der Waals surface area contributed by atoms with Gasteiger partial charge < -0.3 is 25.0 Å². The van der Waals surface area contributed by atoms with E-state index in [1.165, 1.54) is 0 Å². The van der Waals surface area contributed by atoms with Gasteiger partial charge in [0.2, 0.25) is 5.91 Å². The molecule has 1 fully saturated rings. The average molecular weight is 391 g/mol. The Morgan fingerprint density at radius 2 is 1.96 bits per heavy atom. The Morgan fingerprint density at radius 3 is 2.57 bits per heavy atom. The van der Waals surface area contributed by atoms with Crippen LogP contribution in [0.25, 0.3) is 0 Å². The number of hydrogen-bond acceptors (Lipinski definition) is 4. The molecule has 0 radical (unpaired) electrons. The van der Waals surface area contributed by atoms with E-state index in [0.29, 0.717) is 37.0 Å². The van der Waals surface area contributed by atoms with Crippen LogP contribution in [0.2, 0.25) is 0 Å². The summed E-state index contributed by atoms with van der Waals surface area (Å²) in [6, 6.07) is 6.58. The summed E-state index contributed by atoms with van der Waals surface area (Å²) < 4.78 is 5.10. The highest BCUT2D eigenvalue weighted by molar-refractivity contribution is 5.95. The van der Waals surface area contributed by atoms with Gasteiger partial charge >= 0.3 is 12.0 Å². The highest BCUT2D eigenvalue weighted by atomic mass is 16.5. The van der Waals surface area contributed by atoms with Crippen LogP contribution < -0.4 is 15.0 Å². The number of hydrogen-bond donors (Lipinski definition) is 2. The van der Waals surface area contributed by atoms with E-state index in [4.69, 9.17) is 9.84 Å². The number of carbonyl (C=O) groups excluding carboxylic acids is 2. The second-order valence-electron chi connectivity index (χ2n) is 7.44. The third-order valence-corrected chi connectivity index (χ3v) is 4.64. The molecule has 154 valence electrons. The molecule has 1 aliphatic heterocycles. The number of ether oxygens (including phenoxy) is 1. The van der Waals surface area contributed by atoms with Gasteiger partial charge in [-0.25, -0.2) is 9.59 Å². The van der Waals surface area contributed by atoms with Crippen molar-refractivity contribution in [1.29, 1.82) is 0 Å². The number of nitrogens with zero attached hydrogens (tertiary/aromatic N) is 2. The molecule has 1 unspecified atom stereocenters. The summed E-state index contributed by atoms with van der Waals surface area (Å²) in [4.78, 5) is 39.0. The van der Waals surface area contributed by atoms with Crippen LogP contribution in [-0.2, 0) is 9.59 Å². The predicted octanol–water partition coefficient (Wildman–Crippen LogP) is 2.19. The lowest BCUT2D eigenvalue weighted by atomic mass is 9.96. The van der Waals surface area contributed by atoms with Gasteiger partial charge in [0, 0.05) is 32.4 Å². The van der Waals surface area contributed by atoms with Gasteiger partial charge in [-0.3, -0.25) is 4.79 Å². The third kappa shape index (κ3) is 6.14. The topological polar surface area (TPSA) is 99.2 Å². The summed E-state index contributed by atoms with van der Waals surface area (Å²) in [5, 5.41) is 11.6. The maximum Gasteiger partial charge on any atom is 0.341 e. The molecule has 1 atom stereocenters. The lowest BCUT2D eigenvalue weighted by Crippen LogP contribution is -2.49. The SMILES string of the molecule is CC(C)CNC(=O)N1CCCC(C(=O)N(C)c2ccc(OCC(=O)O)cc2)C1. The van der Waals surface area contributed by atoms with Crippen LogP contribution in [0.4, 0.5) is 10.5 Å². The summed E-state index contributed by atoms with van der Waals surface area (Å²) in [5.74, 6) is -0.528. The van der Waals surface area contributed by atoms with Crippen molar-refractivity contribution < 1.29 is 24.2 Å². The van der Waals surface area contributed by atoms with Crippen LogP contribution in [0, 0.1) is 11.8 Å². The first-order chi connectivity index (χ1) is 13.3. The van der Waals surface area contributed by atoms with Crippen molar-refractivity contribution >= 4 is 23.6 Å². The Hall–Kier alpha value is -2.77. The van der Waals surface area contributed by atoms with Crippen LogP contribution in [0.15, 0.2) is 24.3 Å². The zero-order valence-electron chi connectivity index (χ0n) is 16.7. The maximum atomic E-state index is 12.9. The Morgan fingerprint density at radius 1 is 1.29 bits per heavy atom. The van der Waals surface area contributed by atoms with E-state index >= 15 is 0 Å². The van der Waals surface area contributed by atoms with Gasteiger partial charge in [-0.1, -0.05) is 13.8 Å². The molecule has 0 bridgehead atoms. The lowest BCUT2D eigenvalue weighted by Gasteiger charge is -2.34. The number of amides is 3. The van der Waals surface area contributed by atoms with Gasteiger partial charge in [0.25, 0.3) is 0 Å². The standard InChI is InChI=1S/C20H29N3O5/c1-14(2)11-21-20(27)23-10-4-5-15(12-23)19(26)22(3)16-6-8-17(9-7-16)28-13-18(24)25/h6-9,14-15H,4-5,10-13H2,1-3H3,(H,21,27)(H,24,25). The Kier molecular flexibility index (Phi) is 7.66. The van der Waals surface area contributed by atoms with Crippen LogP contribution in [-0.4, -0.2) is 61.2 Å². The molecule has 1 saturated heterocycles. The fraction of sp³-hybridized carbons (Fsp3) is 0.550. The quantitative estimate of drug-likeness (QED) is 0.742. The highest BCUT2D eigenvalue weighted by Gasteiger charge is 2.30. The smallest absolute Gasteiger partial charge is 0.341 e. The van der Waals surface area contributed by atoms with Crippen molar-refractivity contribution in [2.45, 2.75) is 26.7 Å². The monoisotopic (exact) mass is 391 g/mol. The number of carboxylic acids is 1. The van der Waals surface area contributed by atoms with E-state index in [0.717, 1.165) is 12.8 Å². The normalized spacial score (nSPS) is 16.6. The van der Waals surface area contributed by atoms with Gasteiger partial charge in [0.15, 0.2) is 6.61 Å². The van der Waals surface area contributed by atoms with E-state index in [1.54, 1.807) is 41.1 Å². The van der Waals surface area contributed by atoms with Gasteiger partial charge in [-0.15, -0.1) is 0 Å². The second kappa shape index (κ2) is 9.96. The van der Waals surface area contributed by atoms with Gasteiger partial charge in [-0.2, -0.15) is 0 Å². The molecule has 8 nitrogen and oxygen atoms in total. The minimum absolute atomic E-state index is 0.0411. The fourth-order valence-electron chi connectivity index (χ4n) is 3.08. The first-order valence-corrected chi connectivity index (χ1v) is 9.53. The van der Waals surface area contributed by atoms with Gasteiger partial charge in [-0.05, 0) is 43.0 Å². The average Bonchev–Trinajstić information content (AvgIpc) is 2.69.